The molecule has 0 rings (SSSR count). The van der Waals surface area contributed by atoms with Gasteiger partial charge in [-0.2, -0.15) is 0 Å². The van der Waals surface area contributed by atoms with Crippen molar-refractivity contribution in [1.82, 2.24) is 0 Å². The lowest BCUT2D eigenvalue weighted by atomic mass is 10.1. The first-order valence-electron chi connectivity index (χ1n) is 7.04. The van der Waals surface area contributed by atoms with Crippen LogP contribution in [0.4, 0.5) is 0 Å². The van der Waals surface area contributed by atoms with Gasteiger partial charge in [-0.3, -0.25) is 4.79 Å². The van der Waals surface area contributed by atoms with Crippen molar-refractivity contribution in [3.05, 3.63) is 22.6 Å². The van der Waals surface area contributed by atoms with Gasteiger partial charge in [0.1, 0.15) is 0 Å². The van der Waals surface area contributed by atoms with Crippen LogP contribution in [0.5, 0.6) is 0 Å². The highest BCUT2D eigenvalue weighted by Gasteiger charge is 1.98. The Morgan fingerprint density at radius 2 is 1.74 bits per heavy atom. The van der Waals surface area contributed by atoms with Crippen molar-refractivity contribution in [2.45, 2.75) is 57.8 Å². The molecule has 0 radical (unpaired) electrons. The van der Waals surface area contributed by atoms with Gasteiger partial charge < -0.3 is 4.74 Å². The topological polar surface area (TPSA) is 75.1 Å². The molecule has 0 unspecified atom stereocenters. The second-order valence-electron chi connectivity index (χ2n) is 4.45. The second kappa shape index (κ2) is 14.6. The van der Waals surface area contributed by atoms with E-state index in [-0.39, 0.29) is 5.97 Å². The number of rotatable bonds is 12. The average Bonchev–Trinajstić information content (AvgIpc) is 2.43. The van der Waals surface area contributed by atoms with E-state index in [0.717, 1.165) is 44.9 Å². The molecule has 0 aliphatic rings. The van der Waals surface area contributed by atoms with Crippen LogP contribution in [0.3, 0.4) is 0 Å². The van der Waals surface area contributed by atoms with E-state index in [1.165, 1.54) is 13.5 Å². The molecule has 0 fully saturated rings. The Morgan fingerprint density at radius 1 is 1.11 bits per heavy atom. The van der Waals surface area contributed by atoms with Crippen LogP contribution >= 0.6 is 0 Å². The van der Waals surface area contributed by atoms with Gasteiger partial charge in [0, 0.05) is 17.9 Å². The van der Waals surface area contributed by atoms with Gasteiger partial charge in [-0.05, 0) is 44.1 Å². The third-order valence-electron chi connectivity index (χ3n) is 2.84. The van der Waals surface area contributed by atoms with Gasteiger partial charge in [0.05, 0.1) is 7.11 Å². The van der Waals surface area contributed by atoms with Crippen LogP contribution in [-0.4, -0.2) is 19.6 Å². The lowest BCUT2D eigenvalue weighted by Crippen LogP contribution is -1.98. The summed E-state index contributed by atoms with van der Waals surface area (Å²) < 4.78 is 4.58. The summed E-state index contributed by atoms with van der Waals surface area (Å²) in [5, 5.41) is 3.49. The van der Waals surface area contributed by atoms with E-state index in [2.05, 4.69) is 26.9 Å². The smallest absolute Gasteiger partial charge is 0.305 e. The Bertz CT molecular complexity index is 297. The lowest BCUT2D eigenvalue weighted by Gasteiger charge is -1.99. The number of allylic oxidation sites excluding steroid dienone is 2. The minimum absolute atomic E-state index is 0.111. The number of hydrogen-bond donors (Lipinski definition) is 0. The van der Waals surface area contributed by atoms with Crippen molar-refractivity contribution in [3.63, 3.8) is 0 Å². The van der Waals surface area contributed by atoms with Crippen molar-refractivity contribution < 1.29 is 9.53 Å². The fourth-order valence-electron chi connectivity index (χ4n) is 1.71. The maximum absolute atomic E-state index is 10.9. The van der Waals surface area contributed by atoms with Gasteiger partial charge in [0.15, 0.2) is 0 Å². The maximum atomic E-state index is 10.9. The number of esters is 1. The highest BCUT2D eigenvalue weighted by Crippen LogP contribution is 2.07. The summed E-state index contributed by atoms with van der Waals surface area (Å²) in [6.07, 6.45) is 13.5. The zero-order valence-electron chi connectivity index (χ0n) is 11.9. The molecular formula is C14H25N3O2. The maximum Gasteiger partial charge on any atom is 0.305 e. The van der Waals surface area contributed by atoms with E-state index < -0.39 is 0 Å². The predicted molar refractivity (Wildman–Crippen MR) is 76.7 cm³/mol. The summed E-state index contributed by atoms with van der Waals surface area (Å²) in [6.45, 7) is 0.602. The van der Waals surface area contributed by atoms with Crippen LogP contribution < -0.4 is 0 Å². The highest BCUT2D eigenvalue weighted by atomic mass is 16.5. The summed E-state index contributed by atoms with van der Waals surface area (Å²) >= 11 is 0. The Labute approximate surface area is 115 Å². The molecule has 0 bridgehead atoms. The predicted octanol–water partition coefficient (Wildman–Crippen LogP) is 4.54. The van der Waals surface area contributed by atoms with E-state index in [1.54, 1.807) is 0 Å². The molecule has 0 saturated carbocycles. The standard InChI is InChI=1S/C14H25N3O2/c1-19-14(18)12-10-8-6-4-2-3-5-7-9-11-13-16-17-15/h3,5H,2,4,6-13H2,1H3/b5-3-. The number of carbonyl (C=O) groups is 1. The number of hydrogen-bond acceptors (Lipinski definition) is 3. The summed E-state index contributed by atoms with van der Waals surface area (Å²) in [4.78, 5) is 13.6. The Balaban J connectivity index is 3.16. The van der Waals surface area contributed by atoms with Crippen molar-refractivity contribution in [2.24, 2.45) is 5.11 Å². The van der Waals surface area contributed by atoms with E-state index in [0.29, 0.717) is 13.0 Å². The molecule has 0 N–H and O–H groups in total. The first kappa shape index (κ1) is 17.5. The van der Waals surface area contributed by atoms with Crippen LogP contribution in [0.15, 0.2) is 17.3 Å². The quantitative estimate of drug-likeness (QED) is 0.130. The van der Waals surface area contributed by atoms with Gasteiger partial charge in [0.25, 0.3) is 0 Å². The molecule has 0 saturated heterocycles. The molecule has 5 heteroatoms. The van der Waals surface area contributed by atoms with E-state index >= 15 is 0 Å². The average molecular weight is 267 g/mol. The molecule has 5 nitrogen and oxygen atoms in total. The van der Waals surface area contributed by atoms with Crippen LogP contribution in [0.2, 0.25) is 0 Å². The Hall–Kier alpha value is -1.48. The molecule has 19 heavy (non-hydrogen) atoms. The van der Waals surface area contributed by atoms with Crippen molar-refractivity contribution >= 4 is 5.97 Å². The number of carbonyl (C=O) groups excluding carboxylic acids is 1. The van der Waals surface area contributed by atoms with Crippen LogP contribution in [0, 0.1) is 0 Å². The fraction of sp³-hybridized carbons (Fsp3) is 0.786. The minimum Gasteiger partial charge on any atom is -0.469 e. The number of unbranched alkanes of at least 4 members (excludes halogenated alkanes) is 6. The zero-order valence-corrected chi connectivity index (χ0v) is 11.9. The van der Waals surface area contributed by atoms with Gasteiger partial charge in [-0.15, -0.1) is 0 Å². The van der Waals surface area contributed by atoms with Gasteiger partial charge >= 0.3 is 5.97 Å². The van der Waals surface area contributed by atoms with Gasteiger partial charge in [-0.1, -0.05) is 30.1 Å². The number of ether oxygens (including phenoxy) is 1. The molecule has 0 atom stereocenters. The molecule has 0 aliphatic heterocycles. The molecule has 0 aromatic heterocycles. The Morgan fingerprint density at radius 3 is 2.37 bits per heavy atom. The first-order chi connectivity index (χ1) is 9.31. The SMILES string of the molecule is COC(=O)CCCCCC/C=C\CCCCN=[N+]=[N-]. The highest BCUT2D eigenvalue weighted by molar-refractivity contribution is 5.68. The largest absolute Gasteiger partial charge is 0.469 e. The molecule has 0 spiro atoms. The molecule has 108 valence electrons. The zero-order chi connectivity index (χ0) is 14.2. The summed E-state index contributed by atoms with van der Waals surface area (Å²) in [7, 11) is 1.43. The number of methoxy groups -OCH3 is 1. The molecular weight excluding hydrogens is 242 g/mol. The molecule has 0 amide bonds. The van der Waals surface area contributed by atoms with Crippen LogP contribution in [-0.2, 0) is 9.53 Å². The van der Waals surface area contributed by atoms with Crippen molar-refractivity contribution in [1.29, 1.82) is 0 Å². The Kier molecular flexibility index (Phi) is 13.4. The first-order valence-corrected chi connectivity index (χ1v) is 7.04. The summed E-state index contributed by atoms with van der Waals surface area (Å²) in [5.41, 5.74) is 8.09. The third-order valence-corrected chi connectivity index (χ3v) is 2.84. The molecule has 0 heterocycles. The monoisotopic (exact) mass is 267 g/mol. The lowest BCUT2D eigenvalue weighted by molar-refractivity contribution is -0.140. The number of azide groups is 1. The molecule has 0 aromatic carbocycles. The van der Waals surface area contributed by atoms with Crippen LogP contribution in [0.25, 0.3) is 10.4 Å². The van der Waals surface area contributed by atoms with Gasteiger partial charge in [-0.25, -0.2) is 0 Å². The van der Waals surface area contributed by atoms with E-state index in [1.807, 2.05) is 0 Å². The minimum atomic E-state index is -0.111. The fourth-order valence-corrected chi connectivity index (χ4v) is 1.71. The van der Waals surface area contributed by atoms with Crippen LogP contribution in [0.1, 0.15) is 57.8 Å². The van der Waals surface area contributed by atoms with Crippen molar-refractivity contribution in [3.8, 4) is 0 Å². The third kappa shape index (κ3) is 14.5. The summed E-state index contributed by atoms with van der Waals surface area (Å²) in [5.74, 6) is -0.111. The molecule has 0 aromatic rings. The van der Waals surface area contributed by atoms with E-state index in [9.17, 15) is 4.79 Å². The normalized spacial score (nSPS) is 10.4. The summed E-state index contributed by atoms with van der Waals surface area (Å²) in [6, 6.07) is 0. The van der Waals surface area contributed by atoms with Gasteiger partial charge in [0.2, 0.25) is 0 Å². The van der Waals surface area contributed by atoms with Crippen molar-refractivity contribution in [2.75, 3.05) is 13.7 Å². The van der Waals surface area contributed by atoms with E-state index in [4.69, 9.17) is 5.53 Å². The molecule has 0 aliphatic carbocycles. The number of nitrogens with zero attached hydrogens (tertiary/aromatic N) is 3. The second-order valence-corrected chi connectivity index (χ2v) is 4.45.